The summed E-state index contributed by atoms with van der Waals surface area (Å²) in [5.41, 5.74) is 0. The van der Waals surface area contributed by atoms with E-state index in [1.54, 1.807) is 0 Å². The van der Waals surface area contributed by atoms with Crippen molar-refractivity contribution in [3.63, 3.8) is 0 Å². The van der Waals surface area contributed by atoms with Gasteiger partial charge in [0.05, 0.1) is 4.90 Å². The van der Waals surface area contributed by atoms with Crippen LogP contribution in [0.2, 0.25) is 0 Å². The zero-order valence-electron chi connectivity index (χ0n) is 16.5. The highest BCUT2D eigenvalue weighted by Crippen LogP contribution is 2.17. The Bertz CT molecular complexity index is 622. The predicted molar refractivity (Wildman–Crippen MR) is 108 cm³/mol. The molecule has 1 aromatic rings. The lowest BCUT2D eigenvalue weighted by Crippen LogP contribution is -2.07. The van der Waals surface area contributed by atoms with E-state index in [0.29, 0.717) is 6.42 Å². The molecular formula is C21H34O5S. The molecule has 0 aliphatic heterocycles. The van der Waals surface area contributed by atoms with Crippen LogP contribution in [-0.4, -0.2) is 18.9 Å². The fraction of sp³-hybridized carbons (Fsp3) is 0.667. The van der Waals surface area contributed by atoms with Crippen LogP contribution in [0.1, 0.15) is 90.4 Å². The predicted octanol–water partition coefficient (Wildman–Crippen LogP) is 5.93. The Hall–Kier alpha value is -1.40. The van der Waals surface area contributed by atoms with Crippen LogP contribution in [0, 0.1) is 0 Å². The molecule has 0 spiro atoms. The molecule has 154 valence electrons. The summed E-state index contributed by atoms with van der Waals surface area (Å²) < 4.78 is 36.0. The van der Waals surface area contributed by atoms with Crippen molar-refractivity contribution >= 4 is 16.1 Å². The summed E-state index contributed by atoms with van der Waals surface area (Å²) in [4.78, 5) is 11.6. The number of benzene rings is 1. The molecule has 0 radical (unpaired) electrons. The number of unbranched alkanes of at least 4 members (excludes halogenated alkanes) is 11. The van der Waals surface area contributed by atoms with Gasteiger partial charge in [0.15, 0.2) is 0 Å². The van der Waals surface area contributed by atoms with Gasteiger partial charge in [0.2, 0.25) is 0 Å². The maximum absolute atomic E-state index is 11.8. The van der Waals surface area contributed by atoms with Gasteiger partial charge < -0.3 is 4.74 Å². The molecule has 1 rings (SSSR count). The van der Waals surface area contributed by atoms with Crippen molar-refractivity contribution in [2.24, 2.45) is 0 Å². The lowest BCUT2D eigenvalue weighted by Gasteiger charge is -2.05. The Morgan fingerprint density at radius 2 is 1.26 bits per heavy atom. The number of hydrogen-bond acceptors (Lipinski definition) is 4. The second kappa shape index (κ2) is 13.7. The molecule has 0 bridgehead atoms. The lowest BCUT2D eigenvalue weighted by atomic mass is 10.0. The van der Waals surface area contributed by atoms with Crippen molar-refractivity contribution in [1.82, 2.24) is 0 Å². The van der Waals surface area contributed by atoms with Crippen LogP contribution >= 0.6 is 0 Å². The second-order valence-electron chi connectivity index (χ2n) is 7.06. The van der Waals surface area contributed by atoms with E-state index >= 15 is 0 Å². The Labute approximate surface area is 164 Å². The van der Waals surface area contributed by atoms with E-state index in [9.17, 15) is 13.2 Å². The first-order chi connectivity index (χ1) is 12.9. The Morgan fingerprint density at radius 3 is 1.70 bits per heavy atom. The molecule has 5 nitrogen and oxygen atoms in total. The van der Waals surface area contributed by atoms with Crippen molar-refractivity contribution in [3.05, 3.63) is 24.3 Å². The van der Waals surface area contributed by atoms with Crippen LogP contribution in [0.4, 0.5) is 0 Å². The SMILES string of the molecule is CCCCCCCCCCCCCCC(=O)Oc1ccc(S(=O)(=O)O)cc1. The van der Waals surface area contributed by atoms with Gasteiger partial charge in [-0.1, -0.05) is 77.6 Å². The fourth-order valence-corrected chi connectivity index (χ4v) is 3.45. The van der Waals surface area contributed by atoms with Gasteiger partial charge >= 0.3 is 5.97 Å². The highest BCUT2D eigenvalue weighted by molar-refractivity contribution is 7.85. The first-order valence-corrected chi connectivity index (χ1v) is 11.7. The zero-order valence-corrected chi connectivity index (χ0v) is 17.3. The average molecular weight is 399 g/mol. The second-order valence-corrected chi connectivity index (χ2v) is 8.48. The van der Waals surface area contributed by atoms with E-state index in [2.05, 4.69) is 6.92 Å². The van der Waals surface area contributed by atoms with Crippen LogP contribution in [0.15, 0.2) is 29.2 Å². The number of carbonyl (C=O) groups excluding carboxylic acids is 1. The molecule has 1 N–H and O–H groups in total. The van der Waals surface area contributed by atoms with E-state index < -0.39 is 10.1 Å². The standard InChI is InChI=1S/C21H34O5S/c1-2-3-4-5-6-7-8-9-10-11-12-13-14-21(22)26-19-15-17-20(18-16-19)27(23,24)25/h15-18H,2-14H2,1H3,(H,23,24,25). The molecule has 0 saturated carbocycles. The van der Waals surface area contributed by atoms with E-state index in [1.165, 1.54) is 82.1 Å². The fourth-order valence-electron chi connectivity index (χ4n) is 2.97. The molecule has 0 heterocycles. The van der Waals surface area contributed by atoms with E-state index in [-0.39, 0.29) is 16.6 Å². The van der Waals surface area contributed by atoms with Gasteiger partial charge in [0, 0.05) is 6.42 Å². The average Bonchev–Trinajstić information content (AvgIpc) is 2.62. The van der Waals surface area contributed by atoms with Gasteiger partial charge in [0.1, 0.15) is 5.75 Å². The third-order valence-electron chi connectivity index (χ3n) is 4.59. The van der Waals surface area contributed by atoms with Gasteiger partial charge in [-0.2, -0.15) is 8.42 Å². The van der Waals surface area contributed by atoms with Gasteiger partial charge in [-0.3, -0.25) is 9.35 Å². The van der Waals surface area contributed by atoms with Gasteiger partial charge in [-0.05, 0) is 30.7 Å². The van der Waals surface area contributed by atoms with E-state index in [0.717, 1.165) is 19.3 Å². The molecule has 0 aliphatic rings. The van der Waals surface area contributed by atoms with Crippen LogP contribution < -0.4 is 4.74 Å². The van der Waals surface area contributed by atoms with Crippen LogP contribution in [0.25, 0.3) is 0 Å². The highest BCUT2D eigenvalue weighted by atomic mass is 32.2. The maximum atomic E-state index is 11.8. The lowest BCUT2D eigenvalue weighted by molar-refractivity contribution is -0.134. The number of rotatable bonds is 15. The minimum Gasteiger partial charge on any atom is -0.427 e. The third-order valence-corrected chi connectivity index (χ3v) is 5.46. The van der Waals surface area contributed by atoms with Crippen molar-refractivity contribution < 1.29 is 22.5 Å². The Balaban J connectivity index is 2.01. The highest BCUT2D eigenvalue weighted by Gasteiger charge is 2.10. The number of hydrogen-bond donors (Lipinski definition) is 1. The smallest absolute Gasteiger partial charge is 0.311 e. The molecular weight excluding hydrogens is 364 g/mol. The molecule has 0 aromatic heterocycles. The summed E-state index contributed by atoms with van der Waals surface area (Å²) in [5.74, 6) is -0.0342. The summed E-state index contributed by atoms with van der Waals surface area (Å²) in [5, 5.41) is 0. The van der Waals surface area contributed by atoms with Crippen molar-refractivity contribution in [2.45, 2.75) is 95.3 Å². The first kappa shape index (κ1) is 23.6. The topological polar surface area (TPSA) is 80.7 Å². The van der Waals surface area contributed by atoms with Crippen LogP contribution in [0.5, 0.6) is 5.75 Å². The number of carbonyl (C=O) groups is 1. The van der Waals surface area contributed by atoms with E-state index in [1.807, 2.05) is 0 Å². The summed E-state index contributed by atoms with van der Waals surface area (Å²) >= 11 is 0. The summed E-state index contributed by atoms with van der Waals surface area (Å²) in [6.07, 6.45) is 15.2. The minimum absolute atomic E-state index is 0.219. The largest absolute Gasteiger partial charge is 0.427 e. The maximum Gasteiger partial charge on any atom is 0.311 e. The van der Waals surface area contributed by atoms with Crippen molar-refractivity contribution in [3.8, 4) is 5.75 Å². The number of esters is 1. The van der Waals surface area contributed by atoms with Gasteiger partial charge in [-0.15, -0.1) is 0 Å². The monoisotopic (exact) mass is 398 g/mol. The molecule has 0 fully saturated rings. The quantitative estimate of drug-likeness (QED) is 0.171. The van der Waals surface area contributed by atoms with Crippen molar-refractivity contribution in [2.75, 3.05) is 0 Å². The normalized spacial score (nSPS) is 11.5. The molecule has 6 heteroatoms. The molecule has 0 amide bonds. The Morgan fingerprint density at radius 1 is 0.815 bits per heavy atom. The molecule has 0 aliphatic carbocycles. The molecule has 0 saturated heterocycles. The number of ether oxygens (including phenoxy) is 1. The summed E-state index contributed by atoms with van der Waals surface area (Å²) in [6, 6.07) is 5.15. The molecule has 27 heavy (non-hydrogen) atoms. The van der Waals surface area contributed by atoms with Gasteiger partial charge in [0.25, 0.3) is 10.1 Å². The van der Waals surface area contributed by atoms with E-state index in [4.69, 9.17) is 9.29 Å². The molecule has 1 aromatic carbocycles. The zero-order chi connectivity index (χ0) is 20.0. The van der Waals surface area contributed by atoms with Crippen LogP contribution in [0.3, 0.4) is 0 Å². The molecule has 0 atom stereocenters. The molecule has 0 unspecified atom stereocenters. The minimum atomic E-state index is -4.22. The summed E-state index contributed by atoms with van der Waals surface area (Å²) in [6.45, 7) is 2.24. The third kappa shape index (κ3) is 11.8. The van der Waals surface area contributed by atoms with Crippen LogP contribution in [-0.2, 0) is 14.9 Å². The Kier molecular flexibility index (Phi) is 12.0. The van der Waals surface area contributed by atoms with Gasteiger partial charge in [-0.25, -0.2) is 0 Å². The summed E-state index contributed by atoms with van der Waals surface area (Å²) in [7, 11) is -4.22. The first-order valence-electron chi connectivity index (χ1n) is 10.2. The van der Waals surface area contributed by atoms with Crippen molar-refractivity contribution in [1.29, 1.82) is 0 Å².